The number of aromatic nitrogens is 2. The van der Waals surface area contributed by atoms with E-state index in [1.165, 1.54) is 6.33 Å². The first-order chi connectivity index (χ1) is 8.28. The summed E-state index contributed by atoms with van der Waals surface area (Å²) >= 11 is 5.76. The first-order valence-electron chi connectivity index (χ1n) is 5.22. The van der Waals surface area contributed by atoms with Crippen molar-refractivity contribution in [2.75, 3.05) is 11.9 Å². The van der Waals surface area contributed by atoms with Crippen LogP contribution in [0.25, 0.3) is 0 Å². The average Bonchev–Trinajstić information content (AvgIpc) is 2.32. The van der Waals surface area contributed by atoms with Crippen LogP contribution in [0.2, 0.25) is 5.15 Å². The maximum atomic E-state index is 8.81. The Morgan fingerprint density at radius 2 is 1.94 bits per heavy atom. The van der Waals surface area contributed by atoms with Crippen LogP contribution < -0.4 is 5.32 Å². The normalized spacial score (nSPS) is 10.2. The van der Waals surface area contributed by atoms with Crippen molar-refractivity contribution in [2.24, 2.45) is 0 Å². The van der Waals surface area contributed by atoms with Gasteiger partial charge < -0.3 is 10.4 Å². The Kier molecular flexibility index (Phi) is 3.90. The van der Waals surface area contributed by atoms with Crippen LogP contribution in [0.4, 0.5) is 11.5 Å². The molecule has 2 aromatic rings. The first-order valence-corrected chi connectivity index (χ1v) is 5.60. The summed E-state index contributed by atoms with van der Waals surface area (Å²) in [5.74, 6) is 0.653. The summed E-state index contributed by atoms with van der Waals surface area (Å²) in [6.45, 7) is 0.161. The van der Waals surface area contributed by atoms with Crippen LogP contribution in [0.15, 0.2) is 36.7 Å². The number of nitrogens with one attached hydrogen (secondary N) is 1. The third-order valence-corrected chi connectivity index (χ3v) is 2.47. The molecule has 2 N–H and O–H groups in total. The molecule has 0 amide bonds. The summed E-state index contributed by atoms with van der Waals surface area (Å²) in [6.07, 6.45) is 2.07. The monoisotopic (exact) mass is 249 g/mol. The molecule has 17 heavy (non-hydrogen) atoms. The Morgan fingerprint density at radius 3 is 2.59 bits per heavy atom. The van der Waals surface area contributed by atoms with Gasteiger partial charge in [-0.05, 0) is 24.1 Å². The molecular formula is C12H12ClN3O. The fourth-order valence-corrected chi connectivity index (χ4v) is 1.58. The third-order valence-electron chi connectivity index (χ3n) is 2.26. The Hall–Kier alpha value is -1.65. The molecule has 0 saturated heterocycles. The van der Waals surface area contributed by atoms with Crippen molar-refractivity contribution in [3.05, 3.63) is 47.4 Å². The zero-order valence-corrected chi connectivity index (χ0v) is 9.85. The van der Waals surface area contributed by atoms with E-state index in [4.69, 9.17) is 16.7 Å². The summed E-state index contributed by atoms with van der Waals surface area (Å²) < 4.78 is 0. The molecule has 88 valence electrons. The van der Waals surface area contributed by atoms with E-state index < -0.39 is 0 Å². The van der Waals surface area contributed by atoms with Gasteiger partial charge in [0, 0.05) is 18.4 Å². The molecule has 0 aliphatic carbocycles. The van der Waals surface area contributed by atoms with Gasteiger partial charge in [0.2, 0.25) is 0 Å². The van der Waals surface area contributed by atoms with Crippen molar-refractivity contribution in [1.82, 2.24) is 9.97 Å². The van der Waals surface area contributed by atoms with Crippen LogP contribution in [0.3, 0.4) is 0 Å². The number of halogens is 1. The highest BCUT2D eigenvalue weighted by atomic mass is 35.5. The van der Waals surface area contributed by atoms with Crippen LogP contribution in [0, 0.1) is 0 Å². The Morgan fingerprint density at radius 1 is 1.18 bits per heavy atom. The standard InChI is InChI=1S/C12H12ClN3O/c13-11-7-12(15-8-14-11)16-10-3-1-9(2-4-10)5-6-17/h1-4,7-8,17H,5-6H2,(H,14,15,16). The number of hydrogen-bond donors (Lipinski definition) is 2. The second kappa shape index (κ2) is 5.61. The fourth-order valence-electron chi connectivity index (χ4n) is 1.43. The van der Waals surface area contributed by atoms with Crippen molar-refractivity contribution >= 4 is 23.1 Å². The number of hydrogen-bond acceptors (Lipinski definition) is 4. The van der Waals surface area contributed by atoms with E-state index in [0.29, 0.717) is 17.4 Å². The SMILES string of the molecule is OCCc1ccc(Nc2cc(Cl)ncn2)cc1. The Balaban J connectivity index is 2.08. The Labute approximate surface area is 104 Å². The van der Waals surface area contributed by atoms with E-state index in [-0.39, 0.29) is 6.61 Å². The molecule has 1 aromatic carbocycles. The highest BCUT2D eigenvalue weighted by Gasteiger charge is 1.98. The van der Waals surface area contributed by atoms with Crippen molar-refractivity contribution in [2.45, 2.75) is 6.42 Å². The second-order valence-electron chi connectivity index (χ2n) is 3.52. The van der Waals surface area contributed by atoms with Gasteiger partial charge in [-0.15, -0.1) is 0 Å². The number of rotatable bonds is 4. The molecule has 2 rings (SSSR count). The van der Waals surface area contributed by atoms with E-state index in [9.17, 15) is 0 Å². The molecule has 0 spiro atoms. The third kappa shape index (κ3) is 3.41. The summed E-state index contributed by atoms with van der Waals surface area (Å²) in [6, 6.07) is 9.44. The minimum atomic E-state index is 0.161. The van der Waals surface area contributed by atoms with Gasteiger partial charge in [-0.3, -0.25) is 0 Å². The number of aliphatic hydroxyl groups is 1. The topological polar surface area (TPSA) is 58.0 Å². The van der Waals surface area contributed by atoms with Crippen molar-refractivity contribution in [3.63, 3.8) is 0 Å². The fraction of sp³-hybridized carbons (Fsp3) is 0.167. The maximum Gasteiger partial charge on any atom is 0.135 e. The predicted octanol–water partition coefficient (Wildman–Crippen LogP) is 2.41. The van der Waals surface area contributed by atoms with Gasteiger partial charge in [0.25, 0.3) is 0 Å². The highest BCUT2D eigenvalue weighted by Crippen LogP contribution is 2.16. The summed E-state index contributed by atoms with van der Waals surface area (Å²) in [7, 11) is 0. The van der Waals surface area contributed by atoms with Crippen LogP contribution in [0.1, 0.15) is 5.56 Å². The summed E-state index contributed by atoms with van der Waals surface area (Å²) in [4.78, 5) is 7.85. The lowest BCUT2D eigenvalue weighted by atomic mass is 10.1. The van der Waals surface area contributed by atoms with Crippen LogP contribution in [-0.2, 0) is 6.42 Å². The van der Waals surface area contributed by atoms with E-state index in [0.717, 1.165) is 11.3 Å². The lowest BCUT2D eigenvalue weighted by molar-refractivity contribution is 0.299. The maximum absolute atomic E-state index is 8.81. The van der Waals surface area contributed by atoms with Crippen LogP contribution in [-0.4, -0.2) is 21.7 Å². The van der Waals surface area contributed by atoms with Gasteiger partial charge in [0.15, 0.2) is 0 Å². The molecule has 0 bridgehead atoms. The lowest BCUT2D eigenvalue weighted by Crippen LogP contribution is -1.95. The van der Waals surface area contributed by atoms with Gasteiger partial charge in [0.05, 0.1) is 0 Å². The molecular weight excluding hydrogens is 238 g/mol. The van der Waals surface area contributed by atoms with Gasteiger partial charge in [-0.1, -0.05) is 23.7 Å². The van der Waals surface area contributed by atoms with Crippen LogP contribution in [0.5, 0.6) is 0 Å². The molecule has 0 saturated carbocycles. The van der Waals surface area contributed by atoms with E-state index >= 15 is 0 Å². The van der Waals surface area contributed by atoms with E-state index in [1.807, 2.05) is 24.3 Å². The highest BCUT2D eigenvalue weighted by molar-refractivity contribution is 6.29. The summed E-state index contributed by atoms with van der Waals surface area (Å²) in [5, 5.41) is 12.3. The molecule has 5 heteroatoms. The predicted molar refractivity (Wildman–Crippen MR) is 67.6 cm³/mol. The molecule has 0 radical (unpaired) electrons. The average molecular weight is 250 g/mol. The Bertz CT molecular complexity index is 487. The van der Waals surface area contributed by atoms with Crippen molar-refractivity contribution in [1.29, 1.82) is 0 Å². The minimum absolute atomic E-state index is 0.161. The first kappa shape index (κ1) is 11.8. The molecule has 0 fully saturated rings. The van der Waals surface area contributed by atoms with E-state index in [2.05, 4.69) is 15.3 Å². The number of nitrogens with zero attached hydrogens (tertiary/aromatic N) is 2. The lowest BCUT2D eigenvalue weighted by Gasteiger charge is -2.06. The molecule has 0 unspecified atom stereocenters. The minimum Gasteiger partial charge on any atom is -0.396 e. The van der Waals surface area contributed by atoms with Gasteiger partial charge in [-0.25, -0.2) is 9.97 Å². The molecule has 1 aromatic heterocycles. The van der Waals surface area contributed by atoms with E-state index in [1.54, 1.807) is 6.07 Å². The quantitative estimate of drug-likeness (QED) is 0.817. The zero-order valence-electron chi connectivity index (χ0n) is 9.10. The molecule has 0 atom stereocenters. The van der Waals surface area contributed by atoms with Gasteiger partial charge >= 0.3 is 0 Å². The number of aliphatic hydroxyl groups excluding tert-OH is 1. The summed E-state index contributed by atoms with van der Waals surface area (Å²) in [5.41, 5.74) is 2.01. The van der Waals surface area contributed by atoms with Crippen molar-refractivity contribution < 1.29 is 5.11 Å². The second-order valence-corrected chi connectivity index (χ2v) is 3.91. The number of anilines is 2. The smallest absolute Gasteiger partial charge is 0.135 e. The molecule has 0 aliphatic rings. The largest absolute Gasteiger partial charge is 0.396 e. The van der Waals surface area contributed by atoms with Crippen LogP contribution >= 0.6 is 11.6 Å². The molecule has 1 heterocycles. The van der Waals surface area contributed by atoms with Crippen molar-refractivity contribution in [3.8, 4) is 0 Å². The van der Waals surface area contributed by atoms with Gasteiger partial charge in [-0.2, -0.15) is 0 Å². The molecule has 4 nitrogen and oxygen atoms in total. The van der Waals surface area contributed by atoms with Gasteiger partial charge in [0.1, 0.15) is 17.3 Å². The molecule has 0 aliphatic heterocycles. The zero-order chi connectivity index (χ0) is 12.1. The number of benzene rings is 1.